The van der Waals surface area contributed by atoms with Gasteiger partial charge in [-0.25, -0.2) is 0 Å². The van der Waals surface area contributed by atoms with E-state index in [4.69, 9.17) is 9.15 Å². The highest BCUT2D eigenvalue weighted by Gasteiger charge is 2.31. The lowest BCUT2D eigenvalue weighted by molar-refractivity contribution is -0.137. The van der Waals surface area contributed by atoms with Gasteiger partial charge in [0.1, 0.15) is 11.5 Å². The van der Waals surface area contributed by atoms with Gasteiger partial charge in [0, 0.05) is 18.2 Å². The van der Waals surface area contributed by atoms with Crippen molar-refractivity contribution in [1.82, 2.24) is 0 Å². The summed E-state index contributed by atoms with van der Waals surface area (Å²) < 4.78 is 49.7. The van der Waals surface area contributed by atoms with Crippen LogP contribution < -0.4 is 10.1 Å². The van der Waals surface area contributed by atoms with Crippen molar-refractivity contribution in [2.75, 3.05) is 12.4 Å². The SMILES string of the molecule is COc1cc(NC(=O)c2ccc(Cc3c(C)cc(C)cc3C)o2)cc(C(F)(F)F)c1. The van der Waals surface area contributed by atoms with Crippen molar-refractivity contribution in [2.24, 2.45) is 0 Å². The molecule has 1 aromatic heterocycles. The highest BCUT2D eigenvalue weighted by molar-refractivity contribution is 6.02. The minimum atomic E-state index is -4.56. The number of nitrogens with one attached hydrogen (secondary N) is 1. The Hall–Kier alpha value is -3.22. The minimum absolute atomic E-state index is 0.00872. The molecule has 3 aromatic rings. The number of halogens is 3. The van der Waals surface area contributed by atoms with E-state index in [2.05, 4.69) is 17.4 Å². The molecule has 0 saturated carbocycles. The first-order valence-corrected chi connectivity index (χ1v) is 9.30. The normalized spacial score (nSPS) is 11.4. The van der Waals surface area contributed by atoms with E-state index in [0.29, 0.717) is 12.2 Å². The van der Waals surface area contributed by atoms with Gasteiger partial charge in [-0.2, -0.15) is 13.2 Å². The Morgan fingerprint density at radius 3 is 2.30 bits per heavy atom. The van der Waals surface area contributed by atoms with Gasteiger partial charge in [-0.15, -0.1) is 0 Å². The van der Waals surface area contributed by atoms with Crippen LogP contribution in [0.25, 0.3) is 0 Å². The number of carbonyl (C=O) groups excluding carboxylic acids is 1. The molecule has 1 amide bonds. The molecule has 7 heteroatoms. The number of furan rings is 1. The van der Waals surface area contributed by atoms with Crippen LogP contribution in [-0.2, 0) is 12.6 Å². The molecule has 2 aromatic carbocycles. The summed E-state index contributed by atoms with van der Waals surface area (Å²) >= 11 is 0. The molecule has 158 valence electrons. The molecule has 0 aliphatic carbocycles. The zero-order valence-corrected chi connectivity index (χ0v) is 17.1. The number of aryl methyl sites for hydroxylation is 3. The maximum atomic E-state index is 13.1. The predicted molar refractivity (Wildman–Crippen MR) is 108 cm³/mol. The van der Waals surface area contributed by atoms with Crippen LogP contribution in [0.15, 0.2) is 46.9 Å². The van der Waals surface area contributed by atoms with Gasteiger partial charge in [-0.3, -0.25) is 4.79 Å². The summed E-state index contributed by atoms with van der Waals surface area (Å²) in [5.41, 5.74) is 3.60. The maximum Gasteiger partial charge on any atom is 0.416 e. The molecule has 0 bridgehead atoms. The maximum absolute atomic E-state index is 13.1. The third-order valence-electron chi connectivity index (χ3n) is 4.80. The average Bonchev–Trinajstić information content (AvgIpc) is 3.12. The number of alkyl halides is 3. The number of anilines is 1. The number of methoxy groups -OCH3 is 1. The Balaban J connectivity index is 1.79. The van der Waals surface area contributed by atoms with E-state index < -0.39 is 17.6 Å². The van der Waals surface area contributed by atoms with Crippen molar-refractivity contribution in [3.05, 3.63) is 81.8 Å². The predicted octanol–water partition coefficient (Wildman–Crippen LogP) is 6.08. The van der Waals surface area contributed by atoms with Crippen LogP contribution in [0.4, 0.5) is 18.9 Å². The molecule has 30 heavy (non-hydrogen) atoms. The van der Waals surface area contributed by atoms with Gasteiger partial charge in [0.15, 0.2) is 5.76 Å². The monoisotopic (exact) mass is 417 g/mol. The Morgan fingerprint density at radius 2 is 1.70 bits per heavy atom. The number of ether oxygens (including phenoxy) is 1. The number of amides is 1. The zero-order valence-electron chi connectivity index (χ0n) is 17.1. The summed E-state index contributed by atoms with van der Waals surface area (Å²) in [7, 11) is 1.26. The summed E-state index contributed by atoms with van der Waals surface area (Å²) in [5.74, 6) is -0.0359. The topological polar surface area (TPSA) is 51.5 Å². The van der Waals surface area contributed by atoms with E-state index in [9.17, 15) is 18.0 Å². The van der Waals surface area contributed by atoms with Crippen LogP contribution in [0.5, 0.6) is 5.75 Å². The largest absolute Gasteiger partial charge is 0.497 e. The molecule has 0 atom stereocenters. The molecule has 0 unspecified atom stereocenters. The standard InChI is InChI=1S/C23H22F3NO3/c1-13-7-14(2)20(15(3)8-13)12-18-5-6-21(30-18)22(28)27-17-9-16(23(24,25)26)10-19(11-17)29-4/h5-11H,12H2,1-4H3,(H,27,28). The van der Waals surface area contributed by atoms with Crippen LogP contribution >= 0.6 is 0 Å². The second-order valence-corrected chi connectivity index (χ2v) is 7.22. The van der Waals surface area contributed by atoms with Gasteiger partial charge in [-0.1, -0.05) is 17.7 Å². The van der Waals surface area contributed by atoms with E-state index in [1.54, 1.807) is 6.07 Å². The number of carbonyl (C=O) groups is 1. The van der Waals surface area contributed by atoms with Crippen LogP contribution in [0.3, 0.4) is 0 Å². The second-order valence-electron chi connectivity index (χ2n) is 7.22. The molecule has 3 rings (SSSR count). The Labute approximate surface area is 172 Å². The molecular formula is C23H22F3NO3. The minimum Gasteiger partial charge on any atom is -0.497 e. The van der Waals surface area contributed by atoms with Crippen molar-refractivity contribution in [3.8, 4) is 5.75 Å². The van der Waals surface area contributed by atoms with Crippen LogP contribution in [-0.4, -0.2) is 13.0 Å². The summed E-state index contributed by atoms with van der Waals surface area (Å²) in [6.07, 6.45) is -4.04. The molecule has 1 heterocycles. The summed E-state index contributed by atoms with van der Waals surface area (Å²) in [4.78, 5) is 12.5. The third-order valence-corrected chi connectivity index (χ3v) is 4.80. The number of rotatable bonds is 5. The second kappa shape index (κ2) is 8.26. The highest BCUT2D eigenvalue weighted by Crippen LogP contribution is 2.34. The lowest BCUT2D eigenvalue weighted by atomic mass is 9.97. The van der Waals surface area contributed by atoms with E-state index in [1.807, 2.05) is 20.8 Å². The van der Waals surface area contributed by atoms with E-state index in [1.165, 1.54) is 24.8 Å². The molecule has 0 spiro atoms. The van der Waals surface area contributed by atoms with Crippen molar-refractivity contribution in [2.45, 2.75) is 33.4 Å². The first kappa shape index (κ1) is 21.5. The van der Waals surface area contributed by atoms with E-state index in [0.717, 1.165) is 28.8 Å². The van der Waals surface area contributed by atoms with E-state index >= 15 is 0 Å². The lowest BCUT2D eigenvalue weighted by Crippen LogP contribution is -2.13. The fourth-order valence-electron chi connectivity index (χ4n) is 3.40. The number of benzene rings is 2. The fourth-order valence-corrected chi connectivity index (χ4v) is 3.40. The Bertz CT molecular complexity index is 1060. The van der Waals surface area contributed by atoms with Crippen LogP contribution in [0.2, 0.25) is 0 Å². The average molecular weight is 417 g/mol. The van der Waals surface area contributed by atoms with Crippen molar-refractivity contribution >= 4 is 11.6 Å². The summed E-state index contributed by atoms with van der Waals surface area (Å²) in [5, 5.41) is 2.44. The van der Waals surface area contributed by atoms with Gasteiger partial charge >= 0.3 is 6.18 Å². The van der Waals surface area contributed by atoms with Gasteiger partial charge in [-0.05, 0) is 61.7 Å². The molecule has 0 saturated heterocycles. The first-order valence-electron chi connectivity index (χ1n) is 9.30. The van der Waals surface area contributed by atoms with Crippen molar-refractivity contribution in [1.29, 1.82) is 0 Å². The summed E-state index contributed by atoms with van der Waals surface area (Å²) in [6.45, 7) is 6.07. The number of hydrogen-bond acceptors (Lipinski definition) is 3. The molecule has 4 nitrogen and oxygen atoms in total. The quantitative estimate of drug-likeness (QED) is 0.548. The first-order chi connectivity index (χ1) is 14.1. The molecular weight excluding hydrogens is 395 g/mol. The zero-order chi connectivity index (χ0) is 22.1. The smallest absolute Gasteiger partial charge is 0.416 e. The molecule has 0 aliphatic heterocycles. The third kappa shape index (κ3) is 4.84. The van der Waals surface area contributed by atoms with Crippen molar-refractivity contribution < 1.29 is 27.1 Å². The molecule has 0 aliphatic rings. The molecule has 0 fully saturated rings. The van der Waals surface area contributed by atoms with Crippen LogP contribution in [0.1, 0.15) is 44.1 Å². The van der Waals surface area contributed by atoms with Crippen LogP contribution in [0, 0.1) is 20.8 Å². The Kier molecular flexibility index (Phi) is 5.92. The highest BCUT2D eigenvalue weighted by atomic mass is 19.4. The van der Waals surface area contributed by atoms with E-state index in [-0.39, 0.29) is 17.2 Å². The van der Waals surface area contributed by atoms with Gasteiger partial charge in [0.05, 0.1) is 12.7 Å². The lowest BCUT2D eigenvalue weighted by Gasteiger charge is -2.12. The van der Waals surface area contributed by atoms with Gasteiger partial charge in [0.2, 0.25) is 0 Å². The van der Waals surface area contributed by atoms with Crippen molar-refractivity contribution in [3.63, 3.8) is 0 Å². The molecule has 1 N–H and O–H groups in total. The summed E-state index contributed by atoms with van der Waals surface area (Å²) in [6, 6.07) is 10.4. The Morgan fingerprint density at radius 1 is 1.03 bits per heavy atom. The number of hydrogen-bond donors (Lipinski definition) is 1. The molecule has 0 radical (unpaired) electrons. The van der Waals surface area contributed by atoms with Gasteiger partial charge < -0.3 is 14.5 Å². The van der Waals surface area contributed by atoms with Gasteiger partial charge in [0.25, 0.3) is 5.91 Å². The fraction of sp³-hybridized carbons (Fsp3) is 0.261.